The van der Waals surface area contributed by atoms with Crippen LogP contribution in [0.5, 0.6) is 0 Å². The Morgan fingerprint density at radius 1 is 1.55 bits per heavy atom. The van der Waals surface area contributed by atoms with Crippen molar-refractivity contribution in [1.29, 1.82) is 0 Å². The van der Waals surface area contributed by atoms with E-state index in [-0.39, 0.29) is 23.0 Å². The zero-order valence-corrected chi connectivity index (χ0v) is 13.4. The number of nitrogens with zero attached hydrogens (tertiary/aromatic N) is 1. The Labute approximate surface area is 133 Å². The summed E-state index contributed by atoms with van der Waals surface area (Å²) >= 11 is 5.85. The van der Waals surface area contributed by atoms with Crippen LogP contribution in [0.3, 0.4) is 0 Å². The number of nitrogens with one attached hydrogen (secondary N) is 1. The summed E-state index contributed by atoms with van der Waals surface area (Å²) in [6.45, 7) is 0. The van der Waals surface area contributed by atoms with Crippen LogP contribution < -0.4 is 4.72 Å². The van der Waals surface area contributed by atoms with Crippen LogP contribution in [0.4, 0.5) is 4.39 Å². The lowest BCUT2D eigenvalue weighted by Crippen LogP contribution is -2.48. The van der Waals surface area contributed by atoms with Crippen molar-refractivity contribution in [2.75, 3.05) is 7.05 Å². The van der Waals surface area contributed by atoms with Crippen LogP contribution in [-0.2, 0) is 21.4 Å². The number of rotatable bonds is 7. The average Bonchev–Trinajstić information content (AvgIpc) is 3.25. The second-order valence-corrected chi connectivity index (χ2v) is 7.33. The number of hydrogen-bond acceptors (Lipinski definition) is 3. The lowest BCUT2D eigenvalue weighted by Gasteiger charge is -2.21. The van der Waals surface area contributed by atoms with Gasteiger partial charge in [0.05, 0.1) is 0 Å². The largest absolute Gasteiger partial charge is 0.480 e. The van der Waals surface area contributed by atoms with Crippen molar-refractivity contribution >= 4 is 27.8 Å². The highest BCUT2D eigenvalue weighted by atomic mass is 35.5. The van der Waals surface area contributed by atoms with Crippen molar-refractivity contribution < 1.29 is 22.7 Å². The predicted molar refractivity (Wildman–Crippen MR) is 79.4 cm³/mol. The monoisotopic (exact) mass is 350 g/mol. The highest BCUT2D eigenvalue weighted by Crippen LogP contribution is 2.27. The first-order chi connectivity index (χ1) is 10.2. The Morgan fingerprint density at radius 3 is 2.68 bits per heavy atom. The van der Waals surface area contributed by atoms with Crippen LogP contribution in [0.25, 0.3) is 0 Å². The summed E-state index contributed by atoms with van der Waals surface area (Å²) in [5.41, 5.74) is -0.0339. The van der Waals surface area contributed by atoms with Gasteiger partial charge in [0, 0.05) is 30.1 Å². The molecule has 0 spiro atoms. The quantitative estimate of drug-likeness (QED) is 0.778. The number of halogens is 2. The van der Waals surface area contributed by atoms with E-state index >= 15 is 0 Å². The molecule has 1 saturated carbocycles. The summed E-state index contributed by atoms with van der Waals surface area (Å²) in [5, 5.41) is 9.26. The fourth-order valence-corrected chi connectivity index (χ4v) is 3.56. The molecule has 0 saturated heterocycles. The smallest absolute Gasteiger partial charge is 0.322 e. The maximum absolute atomic E-state index is 13.7. The third-order valence-corrected chi connectivity index (χ3v) is 5.49. The average molecular weight is 351 g/mol. The standard InChI is InChI=1S/C13H16ClFN2O4S/c1-17(8-5-6-8)22(20,21)16-12(13(18)19)7-9-10(14)3-2-4-11(9)15/h2-4,8,12,16H,5-7H2,1H3,(H,18,19). The molecule has 1 aliphatic carbocycles. The first-order valence-corrected chi connectivity index (χ1v) is 8.45. The molecule has 1 aliphatic rings. The molecule has 9 heteroatoms. The van der Waals surface area contributed by atoms with E-state index in [0.29, 0.717) is 0 Å². The molecular weight excluding hydrogens is 335 g/mol. The summed E-state index contributed by atoms with van der Waals surface area (Å²) in [6.07, 6.45) is 1.11. The minimum absolute atomic E-state index is 0.0339. The second-order valence-electron chi connectivity index (χ2n) is 5.17. The minimum atomic E-state index is -3.95. The van der Waals surface area contributed by atoms with Crippen LogP contribution in [0.15, 0.2) is 18.2 Å². The first-order valence-electron chi connectivity index (χ1n) is 6.63. The van der Waals surface area contributed by atoms with E-state index in [1.54, 1.807) is 0 Å². The van der Waals surface area contributed by atoms with Gasteiger partial charge in [-0.1, -0.05) is 17.7 Å². The molecule has 0 bridgehead atoms. The fraction of sp³-hybridized carbons (Fsp3) is 0.462. The number of benzene rings is 1. The van der Waals surface area contributed by atoms with Gasteiger partial charge in [-0.25, -0.2) is 4.39 Å². The summed E-state index contributed by atoms with van der Waals surface area (Å²) in [4.78, 5) is 11.3. The van der Waals surface area contributed by atoms with Crippen LogP contribution >= 0.6 is 11.6 Å². The van der Waals surface area contributed by atoms with E-state index < -0.39 is 28.0 Å². The summed E-state index contributed by atoms with van der Waals surface area (Å²) in [5.74, 6) is -2.07. The van der Waals surface area contributed by atoms with Crippen molar-refractivity contribution in [2.45, 2.75) is 31.3 Å². The molecule has 2 rings (SSSR count). The van der Waals surface area contributed by atoms with Crippen LogP contribution in [0, 0.1) is 5.82 Å². The highest BCUT2D eigenvalue weighted by Gasteiger charge is 2.36. The molecule has 1 aromatic carbocycles. The Balaban J connectivity index is 2.19. The van der Waals surface area contributed by atoms with Gasteiger partial charge in [-0.3, -0.25) is 4.79 Å². The van der Waals surface area contributed by atoms with Gasteiger partial charge in [0.15, 0.2) is 0 Å². The molecule has 6 nitrogen and oxygen atoms in total. The molecule has 2 N–H and O–H groups in total. The predicted octanol–water partition coefficient (Wildman–Crippen LogP) is 1.40. The van der Waals surface area contributed by atoms with Gasteiger partial charge < -0.3 is 5.11 Å². The number of aliphatic carboxylic acids is 1. The fourth-order valence-electron chi connectivity index (χ4n) is 2.01. The van der Waals surface area contributed by atoms with E-state index in [1.807, 2.05) is 0 Å². The van der Waals surface area contributed by atoms with Gasteiger partial charge in [0.25, 0.3) is 10.2 Å². The van der Waals surface area contributed by atoms with Crippen molar-refractivity contribution in [3.05, 3.63) is 34.6 Å². The van der Waals surface area contributed by atoms with Crippen LogP contribution in [0.2, 0.25) is 5.02 Å². The van der Waals surface area contributed by atoms with Crippen LogP contribution in [0.1, 0.15) is 18.4 Å². The zero-order valence-electron chi connectivity index (χ0n) is 11.8. The van der Waals surface area contributed by atoms with Gasteiger partial charge >= 0.3 is 5.97 Å². The summed E-state index contributed by atoms with van der Waals surface area (Å²) < 4.78 is 41.2. The van der Waals surface area contributed by atoms with Gasteiger partial charge in [-0.05, 0) is 25.0 Å². The Bertz CT molecular complexity index is 658. The van der Waals surface area contributed by atoms with Gasteiger partial charge in [-0.2, -0.15) is 17.4 Å². The topological polar surface area (TPSA) is 86.7 Å². The number of carboxylic acids is 1. The number of hydrogen-bond donors (Lipinski definition) is 2. The van der Waals surface area contributed by atoms with Crippen molar-refractivity contribution in [3.63, 3.8) is 0 Å². The van der Waals surface area contributed by atoms with E-state index in [0.717, 1.165) is 23.2 Å². The van der Waals surface area contributed by atoms with E-state index in [4.69, 9.17) is 11.6 Å². The molecule has 0 aliphatic heterocycles. The zero-order chi connectivity index (χ0) is 16.5. The third kappa shape index (κ3) is 3.95. The molecule has 122 valence electrons. The molecule has 0 amide bonds. The SMILES string of the molecule is CN(C1CC1)S(=O)(=O)NC(Cc1c(F)cccc1Cl)C(=O)O. The maximum Gasteiger partial charge on any atom is 0.322 e. The maximum atomic E-state index is 13.7. The molecule has 1 fully saturated rings. The Morgan fingerprint density at radius 2 is 2.18 bits per heavy atom. The molecule has 1 aromatic rings. The van der Waals surface area contributed by atoms with Crippen molar-refractivity contribution in [1.82, 2.24) is 9.03 Å². The van der Waals surface area contributed by atoms with Gasteiger partial charge in [0.2, 0.25) is 0 Å². The summed E-state index contributed by atoms with van der Waals surface area (Å²) in [7, 11) is -2.57. The Kier molecular flexibility index (Phi) is 5.06. The van der Waals surface area contributed by atoms with Gasteiger partial charge in [-0.15, -0.1) is 0 Å². The van der Waals surface area contributed by atoms with Crippen LogP contribution in [-0.4, -0.2) is 42.9 Å². The van der Waals surface area contributed by atoms with Crippen molar-refractivity contribution in [3.8, 4) is 0 Å². The molecule has 0 radical (unpaired) electrons. The molecule has 22 heavy (non-hydrogen) atoms. The van der Waals surface area contributed by atoms with E-state index in [9.17, 15) is 22.7 Å². The molecule has 1 atom stereocenters. The minimum Gasteiger partial charge on any atom is -0.480 e. The summed E-state index contributed by atoms with van der Waals surface area (Å²) in [6, 6.07) is 2.35. The molecule has 1 unspecified atom stereocenters. The molecule has 0 aromatic heterocycles. The van der Waals surface area contributed by atoms with Gasteiger partial charge in [0.1, 0.15) is 11.9 Å². The van der Waals surface area contributed by atoms with E-state index in [2.05, 4.69) is 4.72 Å². The van der Waals surface area contributed by atoms with E-state index in [1.165, 1.54) is 19.2 Å². The number of carbonyl (C=O) groups is 1. The normalized spacial score (nSPS) is 16.7. The molecule has 0 heterocycles. The third-order valence-electron chi connectivity index (χ3n) is 3.50. The van der Waals surface area contributed by atoms with Crippen molar-refractivity contribution in [2.24, 2.45) is 0 Å². The Hall–Kier alpha value is -1.22. The second kappa shape index (κ2) is 6.49. The lowest BCUT2D eigenvalue weighted by molar-refractivity contribution is -0.138. The first kappa shape index (κ1) is 17.1. The molecular formula is C13H16ClFN2O4S. The highest BCUT2D eigenvalue weighted by molar-refractivity contribution is 7.87. The lowest BCUT2D eigenvalue weighted by atomic mass is 10.1. The number of carboxylic acid groups (broad SMARTS) is 1.